The molecule has 0 radical (unpaired) electrons. The normalized spacial score (nSPS) is 15.3. The zero-order valence-electron chi connectivity index (χ0n) is 11.2. The van der Waals surface area contributed by atoms with Crippen LogP contribution in [0.15, 0.2) is 30.3 Å². The Kier molecular flexibility index (Phi) is 4.78. The van der Waals surface area contributed by atoms with Crippen molar-refractivity contribution < 1.29 is 14.7 Å². The van der Waals surface area contributed by atoms with Gasteiger partial charge < -0.3 is 10.0 Å². The van der Waals surface area contributed by atoms with Crippen LogP contribution in [-0.2, 0) is 9.59 Å². The summed E-state index contributed by atoms with van der Waals surface area (Å²) in [4.78, 5) is 24.3. The summed E-state index contributed by atoms with van der Waals surface area (Å²) in [5, 5.41) is 8.75. The van der Waals surface area contributed by atoms with Crippen LogP contribution in [0.3, 0.4) is 0 Å². The van der Waals surface area contributed by atoms with Crippen molar-refractivity contribution in [3.05, 3.63) is 35.9 Å². The molecule has 1 saturated heterocycles. The fourth-order valence-electron chi connectivity index (χ4n) is 2.31. The summed E-state index contributed by atoms with van der Waals surface area (Å²) < 4.78 is 0. The van der Waals surface area contributed by atoms with E-state index in [1.807, 2.05) is 30.3 Å². The van der Waals surface area contributed by atoms with Gasteiger partial charge in [0.1, 0.15) is 0 Å². The summed E-state index contributed by atoms with van der Waals surface area (Å²) in [5.74, 6) is 4.73. The van der Waals surface area contributed by atoms with E-state index >= 15 is 0 Å². The van der Waals surface area contributed by atoms with Crippen molar-refractivity contribution >= 4 is 11.9 Å². The molecule has 0 spiro atoms. The van der Waals surface area contributed by atoms with Gasteiger partial charge in [0.15, 0.2) is 0 Å². The summed E-state index contributed by atoms with van der Waals surface area (Å²) in [6, 6.07) is 9.39. The Hall–Kier alpha value is -2.28. The van der Waals surface area contributed by atoms with Gasteiger partial charge in [-0.3, -0.25) is 9.59 Å². The first-order chi connectivity index (χ1) is 9.65. The molecule has 4 heteroatoms. The number of carbonyl (C=O) groups is 2. The number of amides is 1. The van der Waals surface area contributed by atoms with Crippen LogP contribution in [0, 0.1) is 17.8 Å². The second-order valence-corrected chi connectivity index (χ2v) is 4.95. The van der Waals surface area contributed by atoms with Crippen LogP contribution in [0.2, 0.25) is 0 Å². The molecular formula is C16H17NO3. The van der Waals surface area contributed by atoms with E-state index in [2.05, 4.69) is 11.8 Å². The van der Waals surface area contributed by atoms with Crippen LogP contribution in [-0.4, -0.2) is 35.0 Å². The van der Waals surface area contributed by atoms with Crippen molar-refractivity contribution in [1.29, 1.82) is 0 Å². The van der Waals surface area contributed by atoms with Crippen molar-refractivity contribution in [3.8, 4) is 11.8 Å². The molecule has 0 atom stereocenters. The lowest BCUT2D eigenvalue weighted by atomic mass is 9.93. The van der Waals surface area contributed by atoms with E-state index in [1.165, 1.54) is 0 Å². The Morgan fingerprint density at radius 2 is 1.85 bits per heavy atom. The van der Waals surface area contributed by atoms with E-state index in [9.17, 15) is 9.59 Å². The molecule has 0 aromatic heterocycles. The predicted octanol–water partition coefficient (Wildman–Crippen LogP) is 1.75. The van der Waals surface area contributed by atoms with Crippen LogP contribution in [0.1, 0.15) is 24.8 Å². The highest BCUT2D eigenvalue weighted by molar-refractivity contribution is 5.94. The molecule has 0 bridgehead atoms. The van der Waals surface area contributed by atoms with Gasteiger partial charge >= 0.3 is 5.97 Å². The lowest BCUT2D eigenvalue weighted by Crippen LogP contribution is -2.38. The lowest BCUT2D eigenvalue weighted by Gasteiger charge is -2.29. The van der Waals surface area contributed by atoms with Crippen molar-refractivity contribution in [2.75, 3.05) is 13.1 Å². The third kappa shape index (κ3) is 4.13. The van der Waals surface area contributed by atoms with E-state index in [0.717, 1.165) is 18.4 Å². The number of carboxylic acids is 1. The summed E-state index contributed by atoms with van der Waals surface area (Å²) in [5.41, 5.74) is 0.821. The number of likely N-dealkylation sites (tertiary alicyclic amines) is 1. The van der Waals surface area contributed by atoms with Gasteiger partial charge in [-0.15, -0.1) is 0 Å². The Balaban J connectivity index is 1.86. The average molecular weight is 271 g/mol. The molecule has 1 amide bonds. The zero-order valence-corrected chi connectivity index (χ0v) is 11.2. The third-order valence-corrected chi connectivity index (χ3v) is 3.45. The zero-order chi connectivity index (χ0) is 14.4. The van der Waals surface area contributed by atoms with Gasteiger partial charge in [0.25, 0.3) is 5.91 Å². The number of aliphatic carboxylic acids is 1. The van der Waals surface area contributed by atoms with Crippen LogP contribution in [0.5, 0.6) is 0 Å². The molecule has 1 aliphatic rings. The first kappa shape index (κ1) is 14.1. The standard InChI is InChI=1S/C16H17NO3/c18-15(7-6-13-4-2-1-3-5-13)17-10-8-14(9-11-17)12-16(19)20/h1-5,14H,8-12H2,(H,19,20). The van der Waals surface area contributed by atoms with Gasteiger partial charge in [0.05, 0.1) is 0 Å². The molecule has 20 heavy (non-hydrogen) atoms. The quantitative estimate of drug-likeness (QED) is 0.834. The number of nitrogens with zero attached hydrogens (tertiary/aromatic N) is 1. The van der Waals surface area contributed by atoms with Crippen molar-refractivity contribution in [2.45, 2.75) is 19.3 Å². The van der Waals surface area contributed by atoms with Crippen LogP contribution in [0.25, 0.3) is 0 Å². The molecule has 1 fully saturated rings. The largest absolute Gasteiger partial charge is 0.481 e. The molecule has 0 saturated carbocycles. The van der Waals surface area contributed by atoms with Crippen molar-refractivity contribution in [3.63, 3.8) is 0 Å². The van der Waals surface area contributed by atoms with Gasteiger partial charge in [-0.25, -0.2) is 0 Å². The van der Waals surface area contributed by atoms with Gasteiger partial charge in [-0.1, -0.05) is 24.1 Å². The van der Waals surface area contributed by atoms with Gasteiger partial charge in [0.2, 0.25) is 0 Å². The Morgan fingerprint density at radius 1 is 1.20 bits per heavy atom. The summed E-state index contributed by atoms with van der Waals surface area (Å²) >= 11 is 0. The van der Waals surface area contributed by atoms with Crippen LogP contribution < -0.4 is 0 Å². The lowest BCUT2D eigenvalue weighted by molar-refractivity contribution is -0.138. The van der Waals surface area contributed by atoms with Gasteiger partial charge in [-0.2, -0.15) is 0 Å². The maximum atomic E-state index is 11.9. The first-order valence-corrected chi connectivity index (χ1v) is 6.73. The predicted molar refractivity (Wildman–Crippen MR) is 74.9 cm³/mol. The van der Waals surface area contributed by atoms with E-state index in [0.29, 0.717) is 13.1 Å². The number of benzene rings is 1. The molecule has 1 aromatic carbocycles. The highest BCUT2D eigenvalue weighted by Crippen LogP contribution is 2.20. The van der Waals surface area contributed by atoms with Crippen molar-refractivity contribution in [1.82, 2.24) is 4.90 Å². The van der Waals surface area contributed by atoms with Crippen LogP contribution >= 0.6 is 0 Å². The highest BCUT2D eigenvalue weighted by atomic mass is 16.4. The molecule has 2 rings (SSSR count). The molecule has 1 N–H and O–H groups in total. The first-order valence-electron chi connectivity index (χ1n) is 6.73. The van der Waals surface area contributed by atoms with E-state index in [1.54, 1.807) is 4.90 Å². The minimum Gasteiger partial charge on any atom is -0.481 e. The maximum absolute atomic E-state index is 11.9. The molecule has 1 aliphatic heterocycles. The summed E-state index contributed by atoms with van der Waals surface area (Å²) in [6.07, 6.45) is 1.67. The molecule has 0 unspecified atom stereocenters. The minimum atomic E-state index is -0.765. The molecule has 1 heterocycles. The molecule has 104 valence electrons. The SMILES string of the molecule is O=C(O)CC1CCN(C(=O)C#Cc2ccccc2)CC1. The van der Waals surface area contributed by atoms with Gasteiger partial charge in [0, 0.05) is 31.0 Å². The Morgan fingerprint density at radius 3 is 2.45 bits per heavy atom. The molecular weight excluding hydrogens is 254 g/mol. The fraction of sp³-hybridized carbons (Fsp3) is 0.375. The second-order valence-electron chi connectivity index (χ2n) is 4.95. The number of hydrogen-bond acceptors (Lipinski definition) is 2. The van der Waals surface area contributed by atoms with Crippen LogP contribution in [0.4, 0.5) is 0 Å². The number of rotatable bonds is 2. The second kappa shape index (κ2) is 6.76. The molecule has 1 aromatic rings. The van der Waals surface area contributed by atoms with Crippen molar-refractivity contribution in [2.24, 2.45) is 5.92 Å². The highest BCUT2D eigenvalue weighted by Gasteiger charge is 2.23. The van der Waals surface area contributed by atoms with E-state index in [-0.39, 0.29) is 18.2 Å². The maximum Gasteiger partial charge on any atom is 0.303 e. The van der Waals surface area contributed by atoms with E-state index in [4.69, 9.17) is 5.11 Å². The smallest absolute Gasteiger partial charge is 0.303 e. The number of piperidine rings is 1. The summed E-state index contributed by atoms with van der Waals surface area (Å²) in [7, 11) is 0. The monoisotopic (exact) mass is 271 g/mol. The molecule has 0 aliphatic carbocycles. The number of carbonyl (C=O) groups excluding carboxylic acids is 1. The van der Waals surface area contributed by atoms with Gasteiger partial charge in [-0.05, 0) is 30.9 Å². The minimum absolute atomic E-state index is 0.178. The van der Waals surface area contributed by atoms with E-state index < -0.39 is 5.97 Å². The Bertz CT molecular complexity index is 534. The fourth-order valence-corrected chi connectivity index (χ4v) is 2.31. The topological polar surface area (TPSA) is 57.6 Å². The summed E-state index contributed by atoms with van der Waals surface area (Å²) in [6.45, 7) is 1.19. The molecule has 4 nitrogen and oxygen atoms in total. The average Bonchev–Trinajstić information content (AvgIpc) is 2.46. The Labute approximate surface area is 118 Å². The third-order valence-electron chi connectivity index (χ3n) is 3.45. The number of carboxylic acid groups (broad SMARTS) is 1. The number of hydrogen-bond donors (Lipinski definition) is 1.